The highest BCUT2D eigenvalue weighted by molar-refractivity contribution is 4.88. The van der Waals surface area contributed by atoms with Crippen LogP contribution in [0.1, 0.15) is 39.0 Å². The number of piperidine rings is 1. The van der Waals surface area contributed by atoms with Gasteiger partial charge in [-0.05, 0) is 45.7 Å². The van der Waals surface area contributed by atoms with Crippen LogP contribution in [-0.4, -0.2) is 42.8 Å². The van der Waals surface area contributed by atoms with Crippen LogP contribution in [0.2, 0.25) is 0 Å². The molecule has 0 radical (unpaired) electrons. The summed E-state index contributed by atoms with van der Waals surface area (Å²) in [5.41, 5.74) is 5.70. The molecule has 2 saturated heterocycles. The van der Waals surface area contributed by atoms with E-state index in [2.05, 4.69) is 11.8 Å². The van der Waals surface area contributed by atoms with Gasteiger partial charge < -0.3 is 10.5 Å². The van der Waals surface area contributed by atoms with Crippen LogP contribution in [0, 0.1) is 0 Å². The number of nitrogens with two attached hydrogens (primary N) is 1. The van der Waals surface area contributed by atoms with Crippen molar-refractivity contribution in [3.63, 3.8) is 0 Å². The van der Waals surface area contributed by atoms with Crippen LogP contribution >= 0.6 is 0 Å². The summed E-state index contributed by atoms with van der Waals surface area (Å²) < 4.78 is 5.67. The molecule has 2 aliphatic heterocycles. The number of nitrogens with zero attached hydrogens (tertiary/aromatic N) is 1. The Morgan fingerprint density at radius 2 is 2.20 bits per heavy atom. The summed E-state index contributed by atoms with van der Waals surface area (Å²) in [7, 11) is 0. The summed E-state index contributed by atoms with van der Waals surface area (Å²) in [5, 5.41) is 0. The molecule has 15 heavy (non-hydrogen) atoms. The van der Waals surface area contributed by atoms with Gasteiger partial charge in [-0.2, -0.15) is 0 Å². The lowest BCUT2D eigenvalue weighted by Crippen LogP contribution is -2.49. The van der Waals surface area contributed by atoms with Gasteiger partial charge in [-0.15, -0.1) is 0 Å². The minimum atomic E-state index is 0.420. The molecule has 3 nitrogen and oxygen atoms in total. The van der Waals surface area contributed by atoms with E-state index in [-0.39, 0.29) is 0 Å². The second-order valence-corrected chi connectivity index (χ2v) is 4.90. The molecule has 0 aromatic heterocycles. The molecule has 0 bridgehead atoms. The van der Waals surface area contributed by atoms with Crippen molar-refractivity contribution in [3.05, 3.63) is 0 Å². The van der Waals surface area contributed by atoms with E-state index in [1.165, 1.54) is 32.2 Å². The van der Waals surface area contributed by atoms with Crippen LogP contribution < -0.4 is 5.73 Å². The first kappa shape index (κ1) is 11.4. The summed E-state index contributed by atoms with van der Waals surface area (Å²) in [4.78, 5) is 2.67. The van der Waals surface area contributed by atoms with E-state index in [0.29, 0.717) is 12.1 Å². The molecule has 0 spiro atoms. The maximum Gasteiger partial charge on any atom is 0.0703 e. The monoisotopic (exact) mass is 212 g/mol. The minimum Gasteiger partial charge on any atom is -0.377 e. The second-order valence-electron chi connectivity index (χ2n) is 4.90. The normalized spacial score (nSPS) is 38.4. The van der Waals surface area contributed by atoms with Gasteiger partial charge in [0.05, 0.1) is 6.10 Å². The van der Waals surface area contributed by atoms with Crippen LogP contribution in [0.4, 0.5) is 0 Å². The van der Waals surface area contributed by atoms with Gasteiger partial charge in [0, 0.05) is 18.7 Å². The van der Waals surface area contributed by atoms with E-state index < -0.39 is 0 Å². The van der Waals surface area contributed by atoms with Crippen molar-refractivity contribution in [2.75, 3.05) is 19.7 Å². The highest BCUT2D eigenvalue weighted by Crippen LogP contribution is 2.28. The van der Waals surface area contributed by atoms with Crippen molar-refractivity contribution < 1.29 is 4.74 Å². The topological polar surface area (TPSA) is 38.5 Å². The Kier molecular flexibility index (Phi) is 4.00. The van der Waals surface area contributed by atoms with Gasteiger partial charge in [0.1, 0.15) is 0 Å². The maximum atomic E-state index is 5.70. The molecule has 0 aromatic rings. The van der Waals surface area contributed by atoms with Gasteiger partial charge >= 0.3 is 0 Å². The molecular formula is C12H24N2O. The average Bonchev–Trinajstić information content (AvgIpc) is 2.66. The van der Waals surface area contributed by atoms with Crippen molar-refractivity contribution in [2.45, 2.75) is 57.2 Å². The predicted octanol–water partition coefficient (Wildman–Crippen LogP) is 1.37. The van der Waals surface area contributed by atoms with E-state index in [1.54, 1.807) is 0 Å². The summed E-state index contributed by atoms with van der Waals surface area (Å²) in [6.07, 6.45) is 6.85. The Hall–Kier alpha value is -0.120. The van der Waals surface area contributed by atoms with Gasteiger partial charge in [0.15, 0.2) is 0 Å². The van der Waals surface area contributed by atoms with Crippen LogP contribution in [-0.2, 0) is 4.74 Å². The largest absolute Gasteiger partial charge is 0.377 e. The van der Waals surface area contributed by atoms with Crippen molar-refractivity contribution in [1.82, 2.24) is 4.90 Å². The molecule has 88 valence electrons. The predicted molar refractivity (Wildman–Crippen MR) is 61.8 cm³/mol. The molecule has 2 heterocycles. The lowest BCUT2D eigenvalue weighted by molar-refractivity contribution is 0.0354. The third-order valence-electron chi connectivity index (χ3n) is 3.93. The number of ether oxygens (including phenoxy) is 1. The molecule has 2 aliphatic rings. The highest BCUT2D eigenvalue weighted by Gasteiger charge is 2.34. The Morgan fingerprint density at radius 3 is 2.87 bits per heavy atom. The first-order valence-corrected chi connectivity index (χ1v) is 6.40. The van der Waals surface area contributed by atoms with Gasteiger partial charge in [-0.3, -0.25) is 4.90 Å². The fourth-order valence-corrected chi connectivity index (χ4v) is 3.12. The molecule has 2 fully saturated rings. The lowest BCUT2D eigenvalue weighted by atomic mass is 9.95. The van der Waals surface area contributed by atoms with Crippen LogP contribution in [0.3, 0.4) is 0 Å². The van der Waals surface area contributed by atoms with Crippen LogP contribution in [0.15, 0.2) is 0 Å². The fraction of sp³-hybridized carbons (Fsp3) is 1.00. The van der Waals surface area contributed by atoms with Gasteiger partial charge in [-0.1, -0.05) is 6.42 Å². The summed E-state index contributed by atoms with van der Waals surface area (Å²) in [5.74, 6) is 0. The molecule has 3 atom stereocenters. The van der Waals surface area contributed by atoms with E-state index in [4.69, 9.17) is 10.5 Å². The maximum absolute atomic E-state index is 5.70. The fourth-order valence-electron chi connectivity index (χ4n) is 3.12. The molecule has 0 saturated carbocycles. The van der Waals surface area contributed by atoms with Crippen molar-refractivity contribution in [1.29, 1.82) is 0 Å². The van der Waals surface area contributed by atoms with E-state index >= 15 is 0 Å². The SMILES string of the molecule is CC1OCCC1N1CCCCC1CCN. The Balaban J connectivity index is 1.97. The third kappa shape index (κ3) is 2.52. The molecular weight excluding hydrogens is 188 g/mol. The minimum absolute atomic E-state index is 0.420. The quantitative estimate of drug-likeness (QED) is 0.768. The molecule has 0 aromatic carbocycles. The van der Waals surface area contributed by atoms with Gasteiger partial charge in [-0.25, -0.2) is 0 Å². The number of rotatable bonds is 3. The van der Waals surface area contributed by atoms with Crippen LogP contribution in [0.25, 0.3) is 0 Å². The van der Waals surface area contributed by atoms with E-state index in [0.717, 1.165) is 25.6 Å². The third-order valence-corrected chi connectivity index (χ3v) is 3.93. The lowest BCUT2D eigenvalue weighted by Gasteiger charge is -2.40. The highest BCUT2D eigenvalue weighted by atomic mass is 16.5. The summed E-state index contributed by atoms with van der Waals surface area (Å²) in [6, 6.07) is 1.37. The Labute approximate surface area is 93.0 Å². The van der Waals surface area contributed by atoms with Crippen molar-refractivity contribution in [2.24, 2.45) is 5.73 Å². The first-order chi connectivity index (χ1) is 7.33. The van der Waals surface area contributed by atoms with E-state index in [9.17, 15) is 0 Å². The smallest absolute Gasteiger partial charge is 0.0703 e. The molecule has 0 aliphatic carbocycles. The standard InChI is InChI=1S/C12H24N2O/c1-10-12(6-9-15-10)14-8-3-2-4-11(14)5-7-13/h10-12H,2-9,13H2,1H3. The molecule has 2 rings (SSSR count). The molecule has 3 unspecified atom stereocenters. The zero-order valence-electron chi connectivity index (χ0n) is 9.82. The van der Waals surface area contributed by atoms with Crippen molar-refractivity contribution in [3.8, 4) is 0 Å². The average molecular weight is 212 g/mol. The van der Waals surface area contributed by atoms with E-state index in [1.807, 2.05) is 0 Å². The summed E-state index contributed by atoms with van der Waals surface area (Å²) in [6.45, 7) is 5.23. The Morgan fingerprint density at radius 1 is 1.33 bits per heavy atom. The van der Waals surface area contributed by atoms with Crippen LogP contribution in [0.5, 0.6) is 0 Å². The van der Waals surface area contributed by atoms with Crippen molar-refractivity contribution >= 4 is 0 Å². The number of hydrogen-bond donors (Lipinski definition) is 1. The first-order valence-electron chi connectivity index (χ1n) is 6.40. The molecule has 3 heteroatoms. The summed E-state index contributed by atoms with van der Waals surface area (Å²) >= 11 is 0. The van der Waals surface area contributed by atoms with Gasteiger partial charge in [0.25, 0.3) is 0 Å². The number of hydrogen-bond acceptors (Lipinski definition) is 3. The number of likely N-dealkylation sites (tertiary alicyclic amines) is 1. The molecule has 2 N–H and O–H groups in total. The zero-order valence-corrected chi connectivity index (χ0v) is 9.82. The molecule has 0 amide bonds. The second kappa shape index (κ2) is 5.28. The Bertz CT molecular complexity index is 196. The zero-order chi connectivity index (χ0) is 10.7. The van der Waals surface area contributed by atoms with Gasteiger partial charge in [0.2, 0.25) is 0 Å².